The second-order valence-electron chi connectivity index (χ2n) is 10.1. The van der Waals surface area contributed by atoms with Crippen LogP contribution in [0.5, 0.6) is 0 Å². The van der Waals surface area contributed by atoms with Crippen molar-refractivity contribution in [2.75, 3.05) is 20.1 Å². The van der Waals surface area contributed by atoms with E-state index in [-0.39, 0.29) is 11.5 Å². The van der Waals surface area contributed by atoms with Gasteiger partial charge in [-0.2, -0.15) is 8.42 Å². The van der Waals surface area contributed by atoms with Gasteiger partial charge in [0.05, 0.1) is 15.8 Å². The lowest BCUT2D eigenvalue weighted by Crippen LogP contribution is -2.32. The fourth-order valence-electron chi connectivity index (χ4n) is 5.78. The van der Waals surface area contributed by atoms with Gasteiger partial charge in [0.1, 0.15) is 5.65 Å². The molecule has 3 heterocycles. The molecule has 6 rings (SSSR count). The zero-order valence-electron chi connectivity index (χ0n) is 21.1. The molecule has 0 amide bonds. The van der Waals surface area contributed by atoms with Crippen molar-refractivity contribution in [1.82, 2.24) is 14.5 Å². The number of aryl methyl sites for hydroxylation is 1. The second kappa shape index (κ2) is 8.83. The van der Waals surface area contributed by atoms with E-state index in [0.717, 1.165) is 64.7 Å². The third-order valence-corrected chi connectivity index (χ3v) is 8.56. The highest BCUT2D eigenvalue weighted by Crippen LogP contribution is 2.36. The number of rotatable bonds is 3. The Morgan fingerprint density at radius 2 is 1.82 bits per heavy atom. The quantitative estimate of drug-likeness (QED) is 0.248. The summed E-state index contributed by atoms with van der Waals surface area (Å²) in [7, 11) is -2.75. The highest BCUT2D eigenvalue weighted by molar-refractivity contribution is 7.86. The van der Waals surface area contributed by atoms with Crippen LogP contribution in [0.2, 0.25) is 0 Å². The van der Waals surface area contributed by atoms with Crippen LogP contribution in [0.1, 0.15) is 30.0 Å². The van der Waals surface area contributed by atoms with Crippen LogP contribution in [-0.4, -0.2) is 43.0 Å². The van der Waals surface area contributed by atoms with Gasteiger partial charge in [-0.15, -0.1) is 10.3 Å². The normalized spacial score (nSPS) is 15.4. The Kier molecular flexibility index (Phi) is 5.67. The van der Waals surface area contributed by atoms with E-state index in [1.54, 1.807) is 6.07 Å². The summed E-state index contributed by atoms with van der Waals surface area (Å²) in [6.45, 7) is 3.73. The predicted molar refractivity (Wildman–Crippen MR) is 150 cm³/mol. The lowest BCUT2D eigenvalue weighted by atomic mass is 9.96. The molecule has 0 radical (unpaired) electrons. The molecule has 3 aromatic carbocycles. The topological polar surface area (TPSA) is 75.2 Å². The number of pyridine rings is 1. The maximum absolute atomic E-state index is 14.0. The summed E-state index contributed by atoms with van der Waals surface area (Å²) >= 11 is 0. The number of hydrogen-bond donors (Lipinski definition) is 1. The van der Waals surface area contributed by atoms with E-state index in [2.05, 4.69) is 27.4 Å². The van der Waals surface area contributed by atoms with Gasteiger partial charge in [-0.05, 0) is 93.0 Å². The van der Waals surface area contributed by atoms with Gasteiger partial charge in [0.2, 0.25) is 0 Å². The highest BCUT2D eigenvalue weighted by Gasteiger charge is 2.25. The summed E-state index contributed by atoms with van der Waals surface area (Å²) in [5, 5.41) is 2.05. The molecule has 0 spiro atoms. The van der Waals surface area contributed by atoms with Crippen molar-refractivity contribution in [2.45, 2.75) is 30.7 Å². The minimum atomic E-state index is -4.85. The highest BCUT2D eigenvalue weighted by atomic mass is 32.3. The number of aromatic amines is 1. The standard InChI is InChI=1S/C30H26FN3O3S/c1-4-19-8-9-23-26(15-19)32-30-28(23)29(35)25-14-18(2)24(20-6-5-7-22(16-20)38(31,36)37)17-27(25)34(30)21-10-12-33(3)13-11-21/h1,5-9,14-17,21,32H,10-13H2,2-3H3. The predicted octanol–water partition coefficient (Wildman–Crippen LogP) is 5.52. The third-order valence-electron chi connectivity index (χ3n) is 7.74. The molecule has 6 nitrogen and oxygen atoms in total. The zero-order valence-corrected chi connectivity index (χ0v) is 21.9. The van der Waals surface area contributed by atoms with E-state index < -0.39 is 15.1 Å². The molecule has 1 aliphatic rings. The number of terminal acetylenes is 1. The Hall–Kier alpha value is -3.93. The van der Waals surface area contributed by atoms with Crippen LogP contribution in [0.3, 0.4) is 0 Å². The van der Waals surface area contributed by atoms with Crippen LogP contribution in [0, 0.1) is 19.3 Å². The first-order valence-corrected chi connectivity index (χ1v) is 13.9. The summed E-state index contributed by atoms with van der Waals surface area (Å²) in [6.07, 6.45) is 7.46. The number of H-pyrrole nitrogens is 1. The zero-order chi connectivity index (χ0) is 26.8. The number of nitrogens with zero attached hydrogens (tertiary/aromatic N) is 2. The number of halogens is 1. The number of likely N-dealkylation sites (tertiary alicyclic amines) is 1. The maximum atomic E-state index is 14.0. The molecule has 0 saturated carbocycles. The Bertz CT molecular complexity index is 1970. The van der Waals surface area contributed by atoms with Crippen molar-refractivity contribution in [2.24, 2.45) is 0 Å². The summed E-state index contributed by atoms with van der Waals surface area (Å²) in [5.74, 6) is 2.66. The molecule has 1 fully saturated rings. The SMILES string of the molecule is C#Cc1ccc2c(c1)[nH]c1c2c(=O)c2cc(C)c(-c3cccc(S(=O)(=O)F)c3)cc2n1C1CCN(C)CC1. The van der Waals surface area contributed by atoms with Crippen LogP contribution >= 0.6 is 0 Å². The van der Waals surface area contributed by atoms with Crippen molar-refractivity contribution in [3.05, 3.63) is 75.9 Å². The van der Waals surface area contributed by atoms with E-state index in [1.807, 2.05) is 37.3 Å². The number of fused-ring (bicyclic) bond motifs is 4. The summed E-state index contributed by atoms with van der Waals surface area (Å²) < 4.78 is 39.2. The average Bonchev–Trinajstić information content (AvgIpc) is 3.28. The summed E-state index contributed by atoms with van der Waals surface area (Å²) in [4.78, 5) is 19.4. The molecular formula is C30H26FN3O3S. The van der Waals surface area contributed by atoms with E-state index >= 15 is 0 Å². The number of nitrogens with one attached hydrogen (secondary N) is 1. The largest absolute Gasteiger partial charge is 0.340 e. The minimum Gasteiger partial charge on any atom is -0.340 e. The first-order valence-electron chi connectivity index (χ1n) is 12.5. The van der Waals surface area contributed by atoms with E-state index in [0.29, 0.717) is 16.3 Å². The van der Waals surface area contributed by atoms with Gasteiger partial charge in [0, 0.05) is 27.9 Å². The molecule has 0 bridgehead atoms. The molecule has 38 heavy (non-hydrogen) atoms. The van der Waals surface area contributed by atoms with Crippen LogP contribution in [0.15, 0.2) is 64.3 Å². The molecule has 8 heteroatoms. The van der Waals surface area contributed by atoms with Crippen molar-refractivity contribution < 1.29 is 12.3 Å². The first kappa shape index (κ1) is 24.4. The third kappa shape index (κ3) is 3.90. The van der Waals surface area contributed by atoms with E-state index in [4.69, 9.17) is 6.42 Å². The molecular weight excluding hydrogens is 501 g/mol. The number of hydrogen-bond acceptors (Lipinski definition) is 4. The van der Waals surface area contributed by atoms with Gasteiger partial charge < -0.3 is 14.5 Å². The fraction of sp³-hybridized carbons (Fsp3) is 0.233. The Labute approximate surface area is 219 Å². The number of piperidine rings is 1. The lowest BCUT2D eigenvalue weighted by Gasteiger charge is -2.32. The van der Waals surface area contributed by atoms with Crippen LogP contribution in [-0.2, 0) is 10.2 Å². The Morgan fingerprint density at radius 1 is 1.05 bits per heavy atom. The molecule has 0 atom stereocenters. The Morgan fingerprint density at radius 3 is 2.53 bits per heavy atom. The summed E-state index contributed by atoms with van der Waals surface area (Å²) in [5.41, 5.74) is 5.08. The smallest absolute Gasteiger partial charge is 0.332 e. The number of benzene rings is 3. The molecule has 0 unspecified atom stereocenters. The first-order chi connectivity index (χ1) is 18.2. The van der Waals surface area contributed by atoms with Crippen molar-refractivity contribution >= 4 is 43.1 Å². The molecule has 5 aromatic rings. The van der Waals surface area contributed by atoms with E-state index in [9.17, 15) is 17.1 Å². The van der Waals surface area contributed by atoms with Crippen LogP contribution in [0.25, 0.3) is 44.0 Å². The average molecular weight is 528 g/mol. The molecule has 0 aliphatic carbocycles. The van der Waals surface area contributed by atoms with E-state index in [1.165, 1.54) is 18.2 Å². The molecule has 1 N–H and O–H groups in total. The van der Waals surface area contributed by atoms with Gasteiger partial charge in [-0.3, -0.25) is 4.79 Å². The van der Waals surface area contributed by atoms with Crippen LogP contribution < -0.4 is 5.43 Å². The fourth-order valence-corrected chi connectivity index (χ4v) is 6.28. The molecule has 1 aliphatic heterocycles. The summed E-state index contributed by atoms with van der Waals surface area (Å²) in [6, 6.07) is 15.4. The molecule has 1 saturated heterocycles. The van der Waals surface area contributed by atoms with Crippen molar-refractivity contribution in [3.63, 3.8) is 0 Å². The van der Waals surface area contributed by atoms with Crippen molar-refractivity contribution in [3.8, 4) is 23.5 Å². The lowest BCUT2D eigenvalue weighted by molar-refractivity contribution is 0.226. The van der Waals surface area contributed by atoms with Gasteiger partial charge in [-0.1, -0.05) is 24.1 Å². The monoisotopic (exact) mass is 527 g/mol. The second-order valence-corrected chi connectivity index (χ2v) is 11.5. The van der Waals surface area contributed by atoms with Gasteiger partial charge in [-0.25, -0.2) is 0 Å². The van der Waals surface area contributed by atoms with Crippen LogP contribution in [0.4, 0.5) is 3.89 Å². The minimum absolute atomic E-state index is 0.0754. The van der Waals surface area contributed by atoms with Gasteiger partial charge in [0.25, 0.3) is 0 Å². The molecule has 192 valence electrons. The van der Waals surface area contributed by atoms with Crippen molar-refractivity contribution in [1.29, 1.82) is 0 Å². The van der Waals surface area contributed by atoms with Gasteiger partial charge in [0.15, 0.2) is 5.43 Å². The maximum Gasteiger partial charge on any atom is 0.332 e. The number of aromatic nitrogens is 2. The Balaban J connectivity index is 1.71. The van der Waals surface area contributed by atoms with Gasteiger partial charge >= 0.3 is 10.2 Å². The molecule has 2 aromatic heterocycles.